The number of rotatable bonds is 7. The van der Waals surface area contributed by atoms with Gasteiger partial charge >= 0.3 is 0 Å². The molecule has 1 unspecified atom stereocenters. The van der Waals surface area contributed by atoms with Crippen molar-refractivity contribution in [2.75, 3.05) is 24.7 Å². The molecule has 1 amide bonds. The smallest absolute Gasteiger partial charge is 0.253 e. The second-order valence-corrected chi connectivity index (χ2v) is 7.52. The van der Waals surface area contributed by atoms with Crippen molar-refractivity contribution in [3.63, 3.8) is 0 Å². The van der Waals surface area contributed by atoms with E-state index < -0.39 is 16.9 Å². The summed E-state index contributed by atoms with van der Waals surface area (Å²) >= 11 is 0. The monoisotopic (exact) mass is 410 g/mol. The Morgan fingerprint density at radius 2 is 1.83 bits per heavy atom. The van der Waals surface area contributed by atoms with Gasteiger partial charge in [-0.1, -0.05) is 37.3 Å². The molecule has 30 heavy (non-hydrogen) atoms. The Morgan fingerprint density at radius 3 is 2.43 bits per heavy atom. The number of aliphatic hydroxyl groups is 1. The lowest BCUT2D eigenvalue weighted by molar-refractivity contribution is -0.125. The Labute approximate surface area is 174 Å². The largest absolute Gasteiger partial charge is 0.505 e. The average Bonchev–Trinajstić information content (AvgIpc) is 2.74. The minimum Gasteiger partial charge on any atom is -0.505 e. The van der Waals surface area contributed by atoms with E-state index in [-0.39, 0.29) is 46.8 Å². The number of hydrogen-bond acceptors (Lipinski definition) is 7. The predicted molar refractivity (Wildman–Crippen MR) is 117 cm³/mol. The Hall–Kier alpha value is -3.39. The van der Waals surface area contributed by atoms with Crippen LogP contribution in [0.15, 0.2) is 63.0 Å². The van der Waals surface area contributed by atoms with Gasteiger partial charge < -0.3 is 26.4 Å². The van der Waals surface area contributed by atoms with Gasteiger partial charge in [0.25, 0.3) is 16.8 Å². The van der Waals surface area contributed by atoms with Crippen molar-refractivity contribution in [3.05, 3.63) is 79.4 Å². The molecule has 0 spiro atoms. The van der Waals surface area contributed by atoms with Gasteiger partial charge in [-0.2, -0.15) is 0 Å². The molecule has 5 N–H and O–H groups in total. The number of nitrogens with zero attached hydrogens (tertiary/aromatic N) is 1. The number of nitrogens with one attached hydrogen (secondary N) is 2. The zero-order valence-corrected chi connectivity index (χ0v) is 17.2. The minimum absolute atomic E-state index is 0.0536. The second kappa shape index (κ2) is 8.54. The van der Waals surface area contributed by atoms with Crippen molar-refractivity contribution in [2.24, 2.45) is 5.73 Å². The molecule has 1 aliphatic rings. The molecule has 0 radical (unpaired) electrons. The summed E-state index contributed by atoms with van der Waals surface area (Å²) in [7, 11) is 3.15. The zero-order chi connectivity index (χ0) is 22.0. The van der Waals surface area contributed by atoms with Gasteiger partial charge in [0.15, 0.2) is 0 Å². The van der Waals surface area contributed by atoms with E-state index in [9.17, 15) is 19.5 Å². The Kier molecular flexibility index (Phi) is 6.07. The van der Waals surface area contributed by atoms with Crippen LogP contribution in [0.25, 0.3) is 0 Å². The van der Waals surface area contributed by atoms with Gasteiger partial charge in [0.05, 0.1) is 17.3 Å². The van der Waals surface area contributed by atoms with Crippen LogP contribution in [0.2, 0.25) is 0 Å². The fraction of sp³-hybridized carbons (Fsp3) is 0.318. The second-order valence-electron chi connectivity index (χ2n) is 7.52. The van der Waals surface area contributed by atoms with Crippen molar-refractivity contribution >= 4 is 17.3 Å². The van der Waals surface area contributed by atoms with Crippen molar-refractivity contribution in [3.8, 4) is 0 Å². The van der Waals surface area contributed by atoms with E-state index in [4.69, 9.17) is 5.73 Å². The molecule has 0 saturated heterocycles. The van der Waals surface area contributed by atoms with E-state index in [0.29, 0.717) is 6.42 Å². The molecule has 0 aliphatic heterocycles. The number of anilines is 2. The lowest BCUT2D eigenvalue weighted by Gasteiger charge is -2.26. The molecular formula is C22H26N4O4. The zero-order valence-electron chi connectivity index (χ0n) is 17.2. The van der Waals surface area contributed by atoms with Crippen LogP contribution in [0, 0.1) is 0 Å². The normalized spacial score (nSPS) is 17.5. The van der Waals surface area contributed by atoms with Gasteiger partial charge in [-0.05, 0) is 18.1 Å². The number of nitrogens with two attached hydrogens (primary N) is 1. The van der Waals surface area contributed by atoms with E-state index in [2.05, 4.69) is 10.6 Å². The van der Waals surface area contributed by atoms with Gasteiger partial charge in [-0.25, -0.2) is 0 Å². The number of carbonyl (C=O) groups excluding carboxylic acids is 1. The van der Waals surface area contributed by atoms with E-state index in [1.54, 1.807) is 14.1 Å². The number of hydrogen-bond donors (Lipinski definition) is 4. The first-order valence-corrected chi connectivity index (χ1v) is 9.77. The number of benzene rings is 1. The number of aliphatic hydroxyl groups excluding tert-OH is 1. The Bertz CT molecular complexity index is 1080. The highest BCUT2D eigenvalue weighted by Gasteiger charge is 2.29. The third kappa shape index (κ3) is 3.99. The topological polar surface area (TPSA) is 125 Å². The molecule has 1 aliphatic carbocycles. The van der Waals surface area contributed by atoms with Crippen molar-refractivity contribution < 1.29 is 9.90 Å². The molecular weight excluding hydrogens is 384 g/mol. The summed E-state index contributed by atoms with van der Waals surface area (Å²) in [4.78, 5) is 38.1. The summed E-state index contributed by atoms with van der Waals surface area (Å²) in [6, 6.07) is 8.92. The molecule has 0 bridgehead atoms. The lowest BCUT2D eigenvalue weighted by atomic mass is 9.96. The Morgan fingerprint density at radius 1 is 1.20 bits per heavy atom. The van der Waals surface area contributed by atoms with Crippen LogP contribution in [0.5, 0.6) is 0 Å². The van der Waals surface area contributed by atoms with E-state index in [1.807, 2.05) is 37.3 Å². The van der Waals surface area contributed by atoms with Crippen LogP contribution in [0.4, 0.5) is 11.4 Å². The fourth-order valence-corrected chi connectivity index (χ4v) is 3.47. The highest BCUT2D eigenvalue weighted by molar-refractivity contribution is 5.95. The maximum absolute atomic E-state index is 12.3. The number of likely N-dealkylation sites (N-methyl/N-ethyl adjacent to an activating group) is 1. The third-order valence-electron chi connectivity index (χ3n) is 5.12. The van der Waals surface area contributed by atoms with Gasteiger partial charge in [0.2, 0.25) is 0 Å². The number of carbonyl (C=O) groups is 1. The van der Waals surface area contributed by atoms with Gasteiger partial charge in [0, 0.05) is 26.6 Å². The van der Waals surface area contributed by atoms with Crippen LogP contribution >= 0.6 is 0 Å². The summed E-state index contributed by atoms with van der Waals surface area (Å²) in [5.41, 5.74) is 6.19. The van der Waals surface area contributed by atoms with Crippen molar-refractivity contribution in [2.45, 2.75) is 31.8 Å². The quantitative estimate of drug-likeness (QED) is 0.513. The molecule has 3 rings (SSSR count). The summed E-state index contributed by atoms with van der Waals surface area (Å²) in [5, 5.41) is 16.5. The van der Waals surface area contributed by atoms with E-state index >= 15 is 0 Å². The molecule has 0 aromatic heterocycles. The highest BCUT2D eigenvalue weighted by Crippen LogP contribution is 2.29. The fourth-order valence-electron chi connectivity index (χ4n) is 3.47. The molecule has 8 heteroatoms. The first kappa shape index (κ1) is 21.3. The molecule has 0 heterocycles. The van der Waals surface area contributed by atoms with Crippen molar-refractivity contribution in [1.82, 2.24) is 4.90 Å². The highest BCUT2D eigenvalue weighted by atomic mass is 16.3. The van der Waals surface area contributed by atoms with Crippen LogP contribution in [-0.2, 0) is 4.79 Å². The first-order chi connectivity index (χ1) is 14.2. The van der Waals surface area contributed by atoms with E-state index in [0.717, 1.165) is 5.56 Å². The molecule has 0 saturated carbocycles. The molecule has 2 atom stereocenters. The van der Waals surface area contributed by atoms with Crippen LogP contribution in [0.3, 0.4) is 0 Å². The summed E-state index contributed by atoms with van der Waals surface area (Å²) in [6.07, 6.45) is 2.41. The maximum atomic E-state index is 12.3. The average molecular weight is 410 g/mol. The maximum Gasteiger partial charge on any atom is 0.253 e. The van der Waals surface area contributed by atoms with Crippen LogP contribution in [0.1, 0.15) is 31.4 Å². The van der Waals surface area contributed by atoms with Crippen LogP contribution in [-0.4, -0.2) is 36.1 Å². The summed E-state index contributed by atoms with van der Waals surface area (Å²) < 4.78 is 0. The molecule has 8 nitrogen and oxygen atoms in total. The van der Waals surface area contributed by atoms with E-state index in [1.165, 1.54) is 11.0 Å². The molecule has 158 valence electrons. The lowest BCUT2D eigenvalue weighted by Crippen LogP contribution is -2.39. The third-order valence-corrected chi connectivity index (χ3v) is 5.12. The molecule has 0 fully saturated rings. The summed E-state index contributed by atoms with van der Waals surface area (Å²) in [5.74, 6) is -0.640. The standard InChI is InChI=1S/C22H26N4O4/c1-4-15(12-8-6-5-7-9-12)24-17-18(21(29)20(17)28)25-16-11-13(23)10-14(19(16)27)22(30)26(2)3/h5-9,11,13,15,24-25,27H,4,10,23H2,1-3H3/t13?,15-/m1/s1. The van der Waals surface area contributed by atoms with Crippen molar-refractivity contribution in [1.29, 1.82) is 0 Å². The van der Waals surface area contributed by atoms with Gasteiger partial charge in [-0.15, -0.1) is 0 Å². The van der Waals surface area contributed by atoms with Gasteiger partial charge in [-0.3, -0.25) is 14.4 Å². The van der Waals surface area contributed by atoms with Gasteiger partial charge in [0.1, 0.15) is 17.1 Å². The van der Waals surface area contributed by atoms with Crippen LogP contribution < -0.4 is 27.2 Å². The summed E-state index contributed by atoms with van der Waals surface area (Å²) in [6.45, 7) is 1.97. The molecule has 2 aromatic carbocycles. The predicted octanol–water partition coefficient (Wildman–Crippen LogP) is 1.77. The first-order valence-electron chi connectivity index (χ1n) is 9.77. The SMILES string of the molecule is CC[C@@H](Nc1c(NC2=CC(N)CC(C(=O)N(C)C)=C2O)c(=O)c1=O)c1ccccc1. The molecule has 2 aromatic rings. The number of amides is 1. The minimum atomic E-state index is -0.686. The Balaban J connectivity index is 1.90.